The number of likely N-dealkylation sites (tertiary alicyclic amines) is 1. The topological polar surface area (TPSA) is 41.1 Å². The van der Waals surface area contributed by atoms with Gasteiger partial charge in [0.1, 0.15) is 17.8 Å². The Morgan fingerprint density at radius 1 is 1.25 bits per heavy atom. The van der Waals surface area contributed by atoms with Crippen LogP contribution in [0.15, 0.2) is 24.3 Å². The van der Waals surface area contributed by atoms with Gasteiger partial charge in [-0.3, -0.25) is 0 Å². The van der Waals surface area contributed by atoms with E-state index in [1.807, 2.05) is 6.92 Å². The van der Waals surface area contributed by atoms with Crippen molar-refractivity contribution in [3.63, 3.8) is 0 Å². The van der Waals surface area contributed by atoms with Gasteiger partial charge in [-0.2, -0.15) is 0 Å². The van der Waals surface area contributed by atoms with Crippen molar-refractivity contribution in [3.8, 4) is 0 Å². The maximum absolute atomic E-state index is 13.1. The zero-order valence-electron chi connectivity index (χ0n) is 14.3. The van der Waals surface area contributed by atoms with E-state index >= 15 is 0 Å². The van der Waals surface area contributed by atoms with Gasteiger partial charge in [0.25, 0.3) is 0 Å². The molecule has 0 bridgehead atoms. The molecule has 127 valence electrons. The lowest BCUT2D eigenvalue weighted by molar-refractivity contribution is 0.352. The Morgan fingerprint density at radius 3 is 2.67 bits per heavy atom. The summed E-state index contributed by atoms with van der Waals surface area (Å²) in [5.74, 6) is 0.614. The van der Waals surface area contributed by atoms with Crippen LogP contribution in [-0.4, -0.2) is 41.0 Å². The minimum Gasteiger partial charge on any atom is -0.367 e. The van der Waals surface area contributed by atoms with Crippen molar-refractivity contribution in [2.75, 3.05) is 31.5 Å². The molecule has 2 heterocycles. The second-order valence-corrected chi connectivity index (χ2v) is 6.40. The normalized spacial score (nSPS) is 16.3. The van der Waals surface area contributed by atoms with Crippen LogP contribution in [0.4, 0.5) is 10.2 Å². The molecule has 1 fully saturated rings. The fourth-order valence-electron chi connectivity index (χ4n) is 3.12. The van der Waals surface area contributed by atoms with Crippen LogP contribution < -0.4 is 5.32 Å². The third-order valence-corrected chi connectivity index (χ3v) is 4.56. The van der Waals surface area contributed by atoms with Gasteiger partial charge in [0.2, 0.25) is 0 Å². The molecule has 5 heteroatoms. The molecule has 1 atom stereocenters. The molecule has 0 aliphatic carbocycles. The number of anilines is 1. The van der Waals surface area contributed by atoms with Gasteiger partial charge in [-0.15, -0.1) is 0 Å². The fraction of sp³-hybridized carbons (Fsp3) is 0.474. The third-order valence-electron chi connectivity index (χ3n) is 4.56. The quantitative estimate of drug-likeness (QED) is 0.883. The number of halogens is 1. The van der Waals surface area contributed by atoms with E-state index in [0.29, 0.717) is 0 Å². The number of benzene rings is 1. The smallest absolute Gasteiger partial charge is 0.148 e. The molecule has 1 aromatic heterocycles. The maximum Gasteiger partial charge on any atom is 0.148 e. The summed E-state index contributed by atoms with van der Waals surface area (Å²) in [5, 5.41) is 3.43. The molecule has 0 spiro atoms. The van der Waals surface area contributed by atoms with Gasteiger partial charge in [0.15, 0.2) is 0 Å². The van der Waals surface area contributed by atoms with Crippen molar-refractivity contribution in [1.29, 1.82) is 0 Å². The van der Waals surface area contributed by atoms with Crippen molar-refractivity contribution in [2.24, 2.45) is 0 Å². The van der Waals surface area contributed by atoms with Crippen LogP contribution in [0, 0.1) is 18.9 Å². The Bertz CT molecular complexity index is 666. The van der Waals surface area contributed by atoms with Crippen molar-refractivity contribution >= 4 is 5.82 Å². The van der Waals surface area contributed by atoms with Crippen LogP contribution in [0.2, 0.25) is 0 Å². The van der Waals surface area contributed by atoms with Gasteiger partial charge in [-0.25, -0.2) is 14.4 Å². The Hall–Kier alpha value is -2.01. The van der Waals surface area contributed by atoms with Crippen molar-refractivity contribution in [2.45, 2.75) is 32.6 Å². The molecule has 1 aromatic carbocycles. The van der Waals surface area contributed by atoms with E-state index in [9.17, 15) is 4.39 Å². The van der Waals surface area contributed by atoms with Crippen LogP contribution in [0.25, 0.3) is 0 Å². The monoisotopic (exact) mass is 327 g/mol. The first-order valence-electron chi connectivity index (χ1n) is 8.61. The summed E-state index contributed by atoms with van der Waals surface area (Å²) >= 11 is 0. The fourth-order valence-corrected chi connectivity index (χ4v) is 3.12. The highest BCUT2D eigenvalue weighted by molar-refractivity contribution is 5.46. The Balaban J connectivity index is 1.73. The van der Waals surface area contributed by atoms with Crippen LogP contribution in [0.1, 0.15) is 42.6 Å². The lowest BCUT2D eigenvalue weighted by atomic mass is 9.97. The Kier molecular flexibility index (Phi) is 5.41. The number of rotatable bonds is 6. The van der Waals surface area contributed by atoms with Gasteiger partial charge < -0.3 is 10.2 Å². The second-order valence-electron chi connectivity index (χ2n) is 6.40. The SMILES string of the molecule is Cc1[c]nc(C(C)c2ccc(F)cc2)c(NCCN2CCCC2)n1. The third kappa shape index (κ3) is 4.09. The maximum atomic E-state index is 13.1. The highest BCUT2D eigenvalue weighted by atomic mass is 19.1. The predicted octanol–water partition coefficient (Wildman–Crippen LogP) is 3.38. The number of nitrogens with one attached hydrogen (secondary N) is 1. The molecule has 3 rings (SSSR count). The number of nitrogens with zero attached hydrogens (tertiary/aromatic N) is 3. The first kappa shape index (κ1) is 16.8. The van der Waals surface area contributed by atoms with Gasteiger partial charge in [0.05, 0.1) is 11.4 Å². The van der Waals surface area contributed by atoms with E-state index in [4.69, 9.17) is 0 Å². The molecule has 1 radical (unpaired) electrons. The summed E-state index contributed by atoms with van der Waals surface area (Å²) in [5.41, 5.74) is 2.65. The zero-order valence-corrected chi connectivity index (χ0v) is 14.3. The predicted molar refractivity (Wildman–Crippen MR) is 93.7 cm³/mol. The molecule has 4 nitrogen and oxygen atoms in total. The number of hydrogen-bond donors (Lipinski definition) is 1. The highest BCUT2D eigenvalue weighted by Gasteiger charge is 2.17. The molecule has 1 saturated heterocycles. The molecule has 1 unspecified atom stereocenters. The first-order chi connectivity index (χ1) is 11.6. The number of aryl methyl sites for hydroxylation is 1. The molecule has 1 aliphatic heterocycles. The Labute approximate surface area is 143 Å². The van der Waals surface area contributed by atoms with Crippen molar-refractivity contribution < 1.29 is 4.39 Å². The highest BCUT2D eigenvalue weighted by Crippen LogP contribution is 2.27. The van der Waals surface area contributed by atoms with E-state index < -0.39 is 0 Å². The van der Waals surface area contributed by atoms with Gasteiger partial charge in [-0.05, 0) is 50.6 Å². The summed E-state index contributed by atoms with van der Waals surface area (Å²) < 4.78 is 13.1. The lowest BCUT2D eigenvalue weighted by Crippen LogP contribution is -2.26. The number of hydrogen-bond acceptors (Lipinski definition) is 4. The summed E-state index contributed by atoms with van der Waals surface area (Å²) in [6.45, 7) is 8.20. The average Bonchev–Trinajstić information content (AvgIpc) is 3.08. The van der Waals surface area contributed by atoms with E-state index in [0.717, 1.165) is 35.9 Å². The van der Waals surface area contributed by atoms with Crippen molar-refractivity contribution in [1.82, 2.24) is 14.9 Å². The number of aromatic nitrogens is 2. The zero-order chi connectivity index (χ0) is 16.9. The minimum absolute atomic E-state index is 0.0317. The van der Waals surface area contributed by atoms with Crippen LogP contribution in [0.3, 0.4) is 0 Å². The first-order valence-corrected chi connectivity index (χ1v) is 8.61. The van der Waals surface area contributed by atoms with Crippen molar-refractivity contribution in [3.05, 3.63) is 53.2 Å². The summed E-state index contributed by atoms with van der Waals surface area (Å²) in [7, 11) is 0. The molecular weight excluding hydrogens is 303 g/mol. The molecule has 1 N–H and O–H groups in total. The average molecular weight is 327 g/mol. The Morgan fingerprint density at radius 2 is 1.96 bits per heavy atom. The molecular formula is C19H24FN4. The van der Waals surface area contributed by atoms with Crippen LogP contribution >= 0.6 is 0 Å². The van der Waals surface area contributed by atoms with Crippen LogP contribution in [0.5, 0.6) is 0 Å². The van der Waals surface area contributed by atoms with E-state index in [-0.39, 0.29) is 11.7 Å². The van der Waals surface area contributed by atoms with Gasteiger partial charge in [-0.1, -0.05) is 19.1 Å². The van der Waals surface area contributed by atoms with Gasteiger partial charge in [0, 0.05) is 19.0 Å². The van der Waals surface area contributed by atoms with E-state index in [1.54, 1.807) is 12.1 Å². The molecule has 0 amide bonds. The van der Waals surface area contributed by atoms with Crippen LogP contribution in [-0.2, 0) is 0 Å². The molecule has 24 heavy (non-hydrogen) atoms. The molecule has 1 aliphatic rings. The van der Waals surface area contributed by atoms with E-state index in [1.165, 1.54) is 38.1 Å². The summed E-state index contributed by atoms with van der Waals surface area (Å²) in [6, 6.07) is 6.57. The molecule has 0 saturated carbocycles. The summed E-state index contributed by atoms with van der Waals surface area (Å²) in [4.78, 5) is 11.5. The standard InChI is InChI=1S/C19H24FN4/c1-14-13-22-18(15(2)16-5-7-17(20)8-6-16)19(23-14)21-9-12-24-10-3-4-11-24/h5-8,15H,3-4,9-12H2,1-2H3,(H,21,23). The van der Waals surface area contributed by atoms with E-state index in [2.05, 4.69) is 33.3 Å². The summed E-state index contributed by atoms with van der Waals surface area (Å²) in [6.07, 6.45) is 5.54. The van der Waals surface area contributed by atoms with Gasteiger partial charge >= 0.3 is 0 Å². The minimum atomic E-state index is -0.225. The molecule has 2 aromatic rings. The second kappa shape index (κ2) is 7.71. The lowest BCUT2D eigenvalue weighted by Gasteiger charge is -2.19. The largest absolute Gasteiger partial charge is 0.367 e.